The molecule has 0 aliphatic carbocycles. The van der Waals surface area contributed by atoms with E-state index in [0.29, 0.717) is 6.04 Å². The Balaban J connectivity index is 1.59. The van der Waals surface area contributed by atoms with Crippen molar-refractivity contribution >= 4 is 10.9 Å². The molecule has 19 heavy (non-hydrogen) atoms. The van der Waals surface area contributed by atoms with Crippen LogP contribution in [0.4, 0.5) is 0 Å². The van der Waals surface area contributed by atoms with E-state index in [1.165, 1.54) is 16.5 Å². The smallest absolute Gasteiger partial charge is 0.0560 e. The Labute approximate surface area is 112 Å². The first-order valence-corrected chi connectivity index (χ1v) is 6.58. The molecule has 1 aromatic carbocycles. The number of nitrogens with one attached hydrogen (secondary N) is 2. The van der Waals surface area contributed by atoms with Gasteiger partial charge in [0.05, 0.1) is 6.54 Å². The maximum absolute atomic E-state index is 4.22. The quantitative estimate of drug-likeness (QED) is 0.735. The first kappa shape index (κ1) is 12.0. The van der Waals surface area contributed by atoms with Gasteiger partial charge in [0.1, 0.15) is 0 Å². The minimum atomic E-state index is 0.391. The second-order valence-electron chi connectivity index (χ2n) is 4.91. The molecule has 0 aliphatic rings. The molecule has 0 spiro atoms. The third-order valence-electron chi connectivity index (χ3n) is 3.29. The zero-order valence-corrected chi connectivity index (χ0v) is 11.0. The highest BCUT2D eigenvalue weighted by molar-refractivity contribution is 5.79. The van der Waals surface area contributed by atoms with Gasteiger partial charge in [0.2, 0.25) is 0 Å². The van der Waals surface area contributed by atoms with E-state index < -0.39 is 0 Å². The molecule has 0 aliphatic heterocycles. The summed E-state index contributed by atoms with van der Waals surface area (Å²) in [6.45, 7) is 3.94. The van der Waals surface area contributed by atoms with Gasteiger partial charge in [-0.1, -0.05) is 6.07 Å². The molecule has 2 aromatic heterocycles. The lowest BCUT2D eigenvalue weighted by molar-refractivity contribution is 0.451. The Morgan fingerprint density at radius 3 is 3.16 bits per heavy atom. The zero-order chi connectivity index (χ0) is 13.1. The van der Waals surface area contributed by atoms with E-state index in [4.69, 9.17) is 0 Å². The van der Waals surface area contributed by atoms with Crippen molar-refractivity contribution in [3.05, 3.63) is 54.5 Å². The van der Waals surface area contributed by atoms with Crippen molar-refractivity contribution in [2.24, 2.45) is 0 Å². The number of aromatic amines is 1. The number of hydrogen-bond acceptors (Lipinski definition) is 2. The highest BCUT2D eigenvalue weighted by Crippen LogP contribution is 2.14. The van der Waals surface area contributed by atoms with E-state index in [-0.39, 0.29) is 0 Å². The molecule has 0 bridgehead atoms. The number of rotatable bonds is 5. The highest BCUT2D eigenvalue weighted by Gasteiger charge is 2.03. The third kappa shape index (κ3) is 2.85. The highest BCUT2D eigenvalue weighted by atomic mass is 15.3. The number of nitrogens with zero attached hydrogens (tertiary/aromatic N) is 2. The van der Waals surface area contributed by atoms with Crippen LogP contribution < -0.4 is 5.32 Å². The summed E-state index contributed by atoms with van der Waals surface area (Å²) in [5.74, 6) is 0. The zero-order valence-electron chi connectivity index (χ0n) is 11.0. The van der Waals surface area contributed by atoms with Crippen LogP contribution in [0, 0.1) is 0 Å². The summed E-state index contributed by atoms with van der Waals surface area (Å²) >= 11 is 0. The summed E-state index contributed by atoms with van der Waals surface area (Å²) in [5.41, 5.74) is 2.49. The molecule has 3 aromatic rings. The van der Waals surface area contributed by atoms with Gasteiger partial charge in [-0.05, 0) is 42.1 Å². The summed E-state index contributed by atoms with van der Waals surface area (Å²) in [5, 5.41) is 9.00. The van der Waals surface area contributed by atoms with Gasteiger partial charge in [0.15, 0.2) is 0 Å². The summed E-state index contributed by atoms with van der Waals surface area (Å²) < 4.78 is 1.95. The Morgan fingerprint density at radius 2 is 2.32 bits per heavy atom. The molecule has 4 heteroatoms. The second-order valence-corrected chi connectivity index (χ2v) is 4.91. The number of fused-ring (bicyclic) bond motifs is 1. The first-order valence-electron chi connectivity index (χ1n) is 6.58. The van der Waals surface area contributed by atoms with E-state index in [9.17, 15) is 0 Å². The lowest BCUT2D eigenvalue weighted by atomic mass is 10.1. The van der Waals surface area contributed by atoms with Crippen LogP contribution in [0.15, 0.2) is 48.9 Å². The van der Waals surface area contributed by atoms with E-state index in [1.807, 2.05) is 29.3 Å². The van der Waals surface area contributed by atoms with Gasteiger partial charge in [-0.25, -0.2) is 0 Å². The summed E-state index contributed by atoms with van der Waals surface area (Å²) in [4.78, 5) is 3.21. The number of aromatic nitrogens is 3. The largest absolute Gasteiger partial charge is 0.361 e. The molecular formula is C15H18N4. The number of H-pyrrole nitrogens is 1. The van der Waals surface area contributed by atoms with Crippen LogP contribution in [0.2, 0.25) is 0 Å². The normalized spacial score (nSPS) is 12.9. The predicted molar refractivity (Wildman–Crippen MR) is 76.8 cm³/mol. The molecule has 2 N–H and O–H groups in total. The summed E-state index contributed by atoms with van der Waals surface area (Å²) in [6, 6.07) is 11.0. The summed E-state index contributed by atoms with van der Waals surface area (Å²) in [6.07, 6.45) is 5.78. The Hall–Kier alpha value is -2.07. The van der Waals surface area contributed by atoms with E-state index in [0.717, 1.165) is 13.1 Å². The molecule has 0 saturated heterocycles. The van der Waals surface area contributed by atoms with Crippen molar-refractivity contribution in [3.63, 3.8) is 0 Å². The van der Waals surface area contributed by atoms with Crippen molar-refractivity contribution < 1.29 is 0 Å². The van der Waals surface area contributed by atoms with Gasteiger partial charge < -0.3 is 10.3 Å². The fourth-order valence-corrected chi connectivity index (χ4v) is 2.26. The van der Waals surface area contributed by atoms with Crippen LogP contribution in [-0.4, -0.2) is 20.8 Å². The van der Waals surface area contributed by atoms with E-state index >= 15 is 0 Å². The summed E-state index contributed by atoms with van der Waals surface area (Å²) in [7, 11) is 0. The molecule has 1 unspecified atom stereocenters. The molecule has 0 fully saturated rings. The Morgan fingerprint density at radius 1 is 1.37 bits per heavy atom. The molecule has 0 radical (unpaired) electrons. The lowest BCUT2D eigenvalue weighted by Gasteiger charge is -2.14. The topological polar surface area (TPSA) is 45.6 Å². The Bertz CT molecular complexity index is 639. The fraction of sp³-hybridized carbons (Fsp3) is 0.267. The third-order valence-corrected chi connectivity index (χ3v) is 3.29. The van der Waals surface area contributed by atoms with Crippen LogP contribution in [0.5, 0.6) is 0 Å². The van der Waals surface area contributed by atoms with Crippen LogP contribution in [0.1, 0.15) is 12.5 Å². The second kappa shape index (κ2) is 5.28. The molecule has 2 heterocycles. The van der Waals surface area contributed by atoms with Crippen molar-refractivity contribution in [2.75, 3.05) is 0 Å². The molecule has 3 rings (SSSR count). The van der Waals surface area contributed by atoms with Gasteiger partial charge in [0.25, 0.3) is 0 Å². The molecular weight excluding hydrogens is 236 g/mol. The van der Waals surface area contributed by atoms with Gasteiger partial charge in [-0.15, -0.1) is 0 Å². The van der Waals surface area contributed by atoms with Crippen molar-refractivity contribution in [1.82, 2.24) is 20.1 Å². The van der Waals surface area contributed by atoms with Crippen molar-refractivity contribution in [3.8, 4) is 0 Å². The van der Waals surface area contributed by atoms with Gasteiger partial charge in [-0.2, -0.15) is 5.10 Å². The van der Waals surface area contributed by atoms with E-state index in [1.54, 1.807) is 0 Å². The molecule has 98 valence electrons. The van der Waals surface area contributed by atoms with Gasteiger partial charge in [-0.3, -0.25) is 4.68 Å². The predicted octanol–water partition coefficient (Wildman–Crippen LogP) is 2.54. The fourth-order valence-electron chi connectivity index (χ4n) is 2.26. The van der Waals surface area contributed by atoms with Gasteiger partial charge in [0, 0.05) is 36.7 Å². The Kier molecular flexibility index (Phi) is 3.33. The average molecular weight is 254 g/mol. The van der Waals surface area contributed by atoms with Crippen LogP contribution in [0.3, 0.4) is 0 Å². The SMILES string of the molecule is CC(Cn1cccn1)NCc1ccc2[nH]ccc2c1. The lowest BCUT2D eigenvalue weighted by Crippen LogP contribution is -2.30. The monoisotopic (exact) mass is 254 g/mol. The average Bonchev–Trinajstić information content (AvgIpc) is 3.06. The molecule has 0 amide bonds. The maximum atomic E-state index is 4.22. The van der Waals surface area contributed by atoms with Crippen LogP contribution in [-0.2, 0) is 13.1 Å². The first-order chi connectivity index (χ1) is 9.31. The molecule has 1 atom stereocenters. The van der Waals surface area contributed by atoms with Crippen LogP contribution in [0.25, 0.3) is 10.9 Å². The van der Waals surface area contributed by atoms with Crippen LogP contribution >= 0.6 is 0 Å². The molecule has 4 nitrogen and oxygen atoms in total. The van der Waals surface area contributed by atoms with Gasteiger partial charge >= 0.3 is 0 Å². The number of hydrogen-bond donors (Lipinski definition) is 2. The van der Waals surface area contributed by atoms with E-state index in [2.05, 4.69) is 46.6 Å². The maximum Gasteiger partial charge on any atom is 0.0560 e. The van der Waals surface area contributed by atoms with Crippen molar-refractivity contribution in [1.29, 1.82) is 0 Å². The molecule has 0 saturated carbocycles. The van der Waals surface area contributed by atoms with Crippen molar-refractivity contribution in [2.45, 2.75) is 26.1 Å². The number of benzene rings is 1. The minimum absolute atomic E-state index is 0.391. The standard InChI is InChI=1S/C15H18N4/c1-12(11-19-8-2-6-18-19)17-10-13-3-4-15-14(9-13)5-7-16-15/h2-9,12,16-17H,10-11H2,1H3. The minimum Gasteiger partial charge on any atom is -0.361 e.